The maximum absolute atomic E-state index is 12.9. The predicted molar refractivity (Wildman–Crippen MR) is 92.4 cm³/mol. The van der Waals surface area contributed by atoms with Gasteiger partial charge in [-0.3, -0.25) is 9.59 Å². The van der Waals surface area contributed by atoms with Crippen molar-refractivity contribution in [1.82, 2.24) is 0 Å². The van der Waals surface area contributed by atoms with Crippen LogP contribution in [-0.2, 0) is 9.59 Å². The average Bonchev–Trinajstić information content (AvgIpc) is 2.71. The molecule has 0 radical (unpaired) electrons. The van der Waals surface area contributed by atoms with Gasteiger partial charge in [0.25, 0.3) is 11.8 Å². The van der Waals surface area contributed by atoms with Crippen molar-refractivity contribution in [2.24, 2.45) is 0 Å². The molecule has 0 N–H and O–H groups in total. The Morgan fingerprint density at radius 3 is 2.22 bits per heavy atom. The number of nitrogens with zero attached hydrogens (tertiary/aromatic N) is 1. The van der Waals surface area contributed by atoms with Gasteiger partial charge in [0.1, 0.15) is 5.03 Å². The second kappa shape index (κ2) is 5.67. The zero-order chi connectivity index (χ0) is 16.7. The van der Waals surface area contributed by atoms with Crippen molar-refractivity contribution in [2.45, 2.75) is 20.8 Å². The minimum atomic E-state index is -0.471. The van der Waals surface area contributed by atoms with E-state index < -0.39 is 5.91 Å². The lowest BCUT2D eigenvalue weighted by atomic mass is 9.98. The fraction of sp³-hybridized carbons (Fsp3) is 0.158. The lowest BCUT2D eigenvalue weighted by Gasteiger charge is -2.17. The summed E-state index contributed by atoms with van der Waals surface area (Å²) in [4.78, 5) is 26.6. The van der Waals surface area contributed by atoms with Gasteiger partial charge in [0.15, 0.2) is 0 Å². The molecule has 3 nitrogen and oxygen atoms in total. The zero-order valence-corrected chi connectivity index (χ0v) is 13.9. The Kier molecular flexibility index (Phi) is 3.82. The lowest BCUT2D eigenvalue weighted by Crippen LogP contribution is -2.31. The van der Waals surface area contributed by atoms with Crippen LogP contribution in [0.15, 0.2) is 47.5 Å². The summed E-state index contributed by atoms with van der Waals surface area (Å²) >= 11 is 6.23. The summed E-state index contributed by atoms with van der Waals surface area (Å²) in [5, 5.41) is -0.0230. The third kappa shape index (κ3) is 2.47. The Hall–Kier alpha value is -2.39. The monoisotopic (exact) mass is 325 g/mol. The number of aryl methyl sites for hydroxylation is 3. The molecule has 0 fully saturated rings. The van der Waals surface area contributed by atoms with E-state index in [0.717, 1.165) is 21.6 Å². The molecule has 0 aliphatic carbocycles. The molecule has 2 aromatic rings. The van der Waals surface area contributed by atoms with Crippen LogP contribution in [0.1, 0.15) is 22.3 Å². The predicted octanol–water partition coefficient (Wildman–Crippen LogP) is 4.14. The van der Waals surface area contributed by atoms with Gasteiger partial charge in [0.2, 0.25) is 0 Å². The second-order valence-corrected chi connectivity index (χ2v) is 6.12. The molecule has 2 aromatic carbocycles. The van der Waals surface area contributed by atoms with Gasteiger partial charge < -0.3 is 0 Å². The van der Waals surface area contributed by atoms with Crippen LogP contribution in [0.5, 0.6) is 0 Å². The van der Waals surface area contributed by atoms with Crippen LogP contribution in [0, 0.1) is 20.8 Å². The summed E-state index contributed by atoms with van der Waals surface area (Å²) in [6, 6.07) is 13.0. The van der Waals surface area contributed by atoms with Crippen LogP contribution >= 0.6 is 11.6 Å². The van der Waals surface area contributed by atoms with Gasteiger partial charge in [-0.05, 0) is 43.5 Å². The van der Waals surface area contributed by atoms with E-state index in [9.17, 15) is 9.59 Å². The first-order chi connectivity index (χ1) is 10.9. The fourth-order valence-electron chi connectivity index (χ4n) is 2.86. The molecule has 116 valence electrons. The van der Waals surface area contributed by atoms with Crippen LogP contribution < -0.4 is 4.90 Å². The van der Waals surface area contributed by atoms with Crippen molar-refractivity contribution in [3.63, 3.8) is 0 Å². The highest BCUT2D eigenvalue weighted by atomic mass is 35.5. The van der Waals surface area contributed by atoms with Crippen LogP contribution in [0.2, 0.25) is 0 Å². The van der Waals surface area contributed by atoms with E-state index in [1.807, 2.05) is 51.1 Å². The number of para-hydroxylation sites is 1. The van der Waals surface area contributed by atoms with Crippen molar-refractivity contribution >= 4 is 34.7 Å². The van der Waals surface area contributed by atoms with Gasteiger partial charge in [-0.25, -0.2) is 4.90 Å². The first-order valence-electron chi connectivity index (χ1n) is 7.33. The van der Waals surface area contributed by atoms with Crippen molar-refractivity contribution in [3.8, 4) is 0 Å². The quantitative estimate of drug-likeness (QED) is 0.778. The molecule has 0 atom stereocenters. The molecule has 23 heavy (non-hydrogen) atoms. The van der Waals surface area contributed by atoms with E-state index in [4.69, 9.17) is 11.6 Å². The molecule has 0 saturated carbocycles. The van der Waals surface area contributed by atoms with Crippen LogP contribution in [0.4, 0.5) is 5.69 Å². The molecule has 1 aliphatic rings. The Morgan fingerprint density at radius 2 is 1.57 bits per heavy atom. The number of halogens is 1. The standard InChI is InChI=1S/C19H16ClNO2/c1-11-8-9-14(13(3)10-11)16-17(20)19(23)21(18(16)22)15-7-5-4-6-12(15)2/h4-10H,1-3H3. The number of anilines is 1. The zero-order valence-electron chi connectivity index (χ0n) is 13.2. The van der Waals surface area contributed by atoms with Gasteiger partial charge in [-0.15, -0.1) is 0 Å². The number of amides is 2. The smallest absolute Gasteiger partial charge is 0.268 e. The Morgan fingerprint density at radius 1 is 0.870 bits per heavy atom. The Bertz CT molecular complexity index is 867. The van der Waals surface area contributed by atoms with E-state index in [-0.39, 0.29) is 16.5 Å². The third-order valence-electron chi connectivity index (χ3n) is 4.03. The number of carbonyl (C=O) groups excluding carboxylic acids is 2. The van der Waals surface area contributed by atoms with Crippen molar-refractivity contribution < 1.29 is 9.59 Å². The number of imide groups is 1. The molecule has 0 unspecified atom stereocenters. The normalized spacial score (nSPS) is 14.9. The maximum Gasteiger partial charge on any atom is 0.277 e. The summed E-state index contributed by atoms with van der Waals surface area (Å²) in [7, 11) is 0. The van der Waals surface area contributed by atoms with E-state index in [1.165, 1.54) is 0 Å². The molecule has 1 aliphatic heterocycles. The van der Waals surface area contributed by atoms with Crippen molar-refractivity contribution in [1.29, 1.82) is 0 Å². The van der Waals surface area contributed by atoms with Crippen LogP contribution in [-0.4, -0.2) is 11.8 Å². The highest BCUT2D eigenvalue weighted by Crippen LogP contribution is 2.37. The minimum Gasteiger partial charge on any atom is -0.268 e. The molecule has 1 heterocycles. The highest BCUT2D eigenvalue weighted by Gasteiger charge is 2.40. The summed E-state index contributed by atoms with van der Waals surface area (Å²) in [5.41, 5.74) is 4.41. The number of benzene rings is 2. The summed E-state index contributed by atoms with van der Waals surface area (Å²) in [5.74, 6) is -0.845. The highest BCUT2D eigenvalue weighted by molar-refractivity contribution is 6.60. The molecule has 0 aromatic heterocycles. The van der Waals surface area contributed by atoms with Crippen molar-refractivity contribution in [3.05, 3.63) is 69.8 Å². The van der Waals surface area contributed by atoms with E-state index in [2.05, 4.69) is 0 Å². The summed E-state index contributed by atoms with van der Waals surface area (Å²) in [6.07, 6.45) is 0. The van der Waals surface area contributed by atoms with Crippen LogP contribution in [0.25, 0.3) is 5.57 Å². The first-order valence-corrected chi connectivity index (χ1v) is 7.71. The second-order valence-electron chi connectivity index (χ2n) is 5.74. The third-order valence-corrected chi connectivity index (χ3v) is 4.39. The van der Waals surface area contributed by atoms with Gasteiger partial charge in [-0.2, -0.15) is 0 Å². The van der Waals surface area contributed by atoms with Gasteiger partial charge in [-0.1, -0.05) is 53.6 Å². The number of rotatable bonds is 2. The molecule has 3 rings (SSSR count). The van der Waals surface area contributed by atoms with E-state index in [1.54, 1.807) is 12.1 Å². The number of carbonyl (C=O) groups is 2. The van der Waals surface area contributed by atoms with Crippen molar-refractivity contribution in [2.75, 3.05) is 4.90 Å². The molecular weight excluding hydrogens is 310 g/mol. The lowest BCUT2D eigenvalue weighted by molar-refractivity contribution is -0.119. The van der Waals surface area contributed by atoms with Gasteiger partial charge in [0.05, 0.1) is 11.3 Å². The van der Waals surface area contributed by atoms with E-state index in [0.29, 0.717) is 11.3 Å². The molecule has 0 saturated heterocycles. The van der Waals surface area contributed by atoms with E-state index >= 15 is 0 Å². The number of hydrogen-bond donors (Lipinski definition) is 0. The Labute approximate surface area is 140 Å². The SMILES string of the molecule is Cc1ccc(C2=C(Cl)C(=O)N(c3ccccc3C)C2=O)c(C)c1. The first kappa shape index (κ1) is 15.5. The summed E-state index contributed by atoms with van der Waals surface area (Å²) in [6.45, 7) is 5.75. The average molecular weight is 326 g/mol. The summed E-state index contributed by atoms with van der Waals surface area (Å²) < 4.78 is 0. The Balaban J connectivity index is 2.12. The molecular formula is C19H16ClNO2. The maximum atomic E-state index is 12.9. The molecule has 0 spiro atoms. The van der Waals surface area contributed by atoms with Gasteiger partial charge in [0, 0.05) is 0 Å². The number of hydrogen-bond acceptors (Lipinski definition) is 2. The topological polar surface area (TPSA) is 37.4 Å². The fourth-order valence-corrected chi connectivity index (χ4v) is 3.13. The molecule has 2 amide bonds. The molecule has 4 heteroatoms. The van der Waals surface area contributed by atoms with Crippen LogP contribution in [0.3, 0.4) is 0 Å². The molecule has 0 bridgehead atoms. The largest absolute Gasteiger partial charge is 0.277 e. The minimum absolute atomic E-state index is 0.0230. The van der Waals surface area contributed by atoms with Gasteiger partial charge >= 0.3 is 0 Å².